The Kier molecular flexibility index (Phi) is 5.99. The molecule has 0 saturated heterocycles. The van der Waals surface area contributed by atoms with Crippen LogP contribution in [0, 0.1) is 17.0 Å². The number of aryl methyl sites for hydroxylation is 1. The first-order valence-electron chi connectivity index (χ1n) is 9.66. The molecule has 0 aliphatic rings. The molecule has 31 heavy (non-hydrogen) atoms. The topological polar surface area (TPSA) is 101 Å². The van der Waals surface area contributed by atoms with Crippen molar-refractivity contribution in [1.29, 1.82) is 0 Å². The fraction of sp³-hybridized carbons (Fsp3) is 0.130. The molecule has 4 rings (SSSR count). The third-order valence-electron chi connectivity index (χ3n) is 4.71. The first-order chi connectivity index (χ1) is 15.0. The van der Waals surface area contributed by atoms with Gasteiger partial charge < -0.3 is 10.3 Å². The van der Waals surface area contributed by atoms with Gasteiger partial charge >= 0.3 is 0 Å². The molecule has 0 atom stereocenters. The van der Waals surface area contributed by atoms with Crippen molar-refractivity contribution in [2.75, 3.05) is 11.1 Å². The van der Waals surface area contributed by atoms with Gasteiger partial charge in [-0.15, -0.1) is 11.8 Å². The Morgan fingerprint density at radius 3 is 2.71 bits per heavy atom. The van der Waals surface area contributed by atoms with Crippen LogP contribution in [0.25, 0.3) is 22.4 Å². The van der Waals surface area contributed by atoms with Gasteiger partial charge in [-0.05, 0) is 42.3 Å². The number of imidazole rings is 1. The first kappa shape index (κ1) is 20.6. The fourth-order valence-electron chi connectivity index (χ4n) is 3.18. The lowest BCUT2D eigenvalue weighted by Crippen LogP contribution is -2.14. The van der Waals surface area contributed by atoms with Crippen molar-refractivity contribution in [3.05, 3.63) is 88.0 Å². The van der Waals surface area contributed by atoms with Crippen LogP contribution in [0.3, 0.4) is 0 Å². The van der Waals surface area contributed by atoms with Gasteiger partial charge in [-0.1, -0.05) is 30.3 Å². The summed E-state index contributed by atoms with van der Waals surface area (Å²) in [5, 5.41) is 13.6. The number of thioether (sulfide) groups is 1. The van der Waals surface area contributed by atoms with Crippen molar-refractivity contribution in [2.45, 2.75) is 12.7 Å². The highest BCUT2D eigenvalue weighted by Gasteiger charge is 2.09. The summed E-state index contributed by atoms with van der Waals surface area (Å²) < 4.78 is 0. The Morgan fingerprint density at radius 2 is 1.94 bits per heavy atom. The average Bonchev–Trinajstić information content (AvgIpc) is 3.17. The number of nitro groups is 1. The number of fused-ring (bicyclic) bond motifs is 1. The summed E-state index contributed by atoms with van der Waals surface area (Å²) in [4.78, 5) is 30.6. The van der Waals surface area contributed by atoms with E-state index in [1.807, 2.05) is 43.3 Å². The van der Waals surface area contributed by atoms with E-state index >= 15 is 0 Å². The summed E-state index contributed by atoms with van der Waals surface area (Å²) in [5.41, 5.74) is 5.64. The van der Waals surface area contributed by atoms with Gasteiger partial charge in [-0.3, -0.25) is 14.9 Å². The minimum absolute atomic E-state index is 0.0611. The highest BCUT2D eigenvalue weighted by Crippen LogP contribution is 2.24. The normalized spacial score (nSPS) is 10.9. The third kappa shape index (κ3) is 5.10. The van der Waals surface area contributed by atoms with E-state index in [4.69, 9.17) is 0 Å². The molecule has 0 aliphatic heterocycles. The molecule has 0 saturated carbocycles. The zero-order valence-electron chi connectivity index (χ0n) is 16.8. The number of hydrogen-bond donors (Lipinski definition) is 2. The Balaban J connectivity index is 1.35. The predicted octanol–water partition coefficient (Wildman–Crippen LogP) is 5.32. The van der Waals surface area contributed by atoms with Crippen LogP contribution < -0.4 is 5.32 Å². The average molecular weight is 433 g/mol. The number of carbonyl (C=O) groups is 1. The molecule has 0 aliphatic carbocycles. The van der Waals surface area contributed by atoms with Gasteiger partial charge in [-0.25, -0.2) is 4.98 Å². The summed E-state index contributed by atoms with van der Waals surface area (Å²) in [7, 11) is 0. The summed E-state index contributed by atoms with van der Waals surface area (Å²) in [5.74, 6) is 1.53. The number of non-ortho nitro benzene ring substituents is 1. The maximum Gasteiger partial charge on any atom is 0.269 e. The maximum absolute atomic E-state index is 12.3. The van der Waals surface area contributed by atoms with Gasteiger partial charge in [0.2, 0.25) is 5.91 Å². The van der Waals surface area contributed by atoms with Crippen LogP contribution in [0.15, 0.2) is 66.7 Å². The van der Waals surface area contributed by atoms with E-state index < -0.39 is 4.92 Å². The zero-order valence-corrected chi connectivity index (χ0v) is 17.6. The second kappa shape index (κ2) is 9.01. The molecule has 0 unspecified atom stereocenters. The lowest BCUT2D eigenvalue weighted by atomic mass is 10.2. The van der Waals surface area contributed by atoms with Gasteiger partial charge in [0.25, 0.3) is 5.69 Å². The summed E-state index contributed by atoms with van der Waals surface area (Å²) in [6.07, 6.45) is 0. The maximum atomic E-state index is 12.3. The van der Waals surface area contributed by atoms with Crippen molar-refractivity contribution < 1.29 is 9.72 Å². The smallest absolute Gasteiger partial charge is 0.269 e. The van der Waals surface area contributed by atoms with Crippen LogP contribution in [0.2, 0.25) is 0 Å². The highest BCUT2D eigenvalue weighted by molar-refractivity contribution is 7.99. The molecular weight excluding hydrogens is 412 g/mol. The molecule has 1 heterocycles. The second-order valence-electron chi connectivity index (χ2n) is 7.15. The number of rotatable bonds is 7. The van der Waals surface area contributed by atoms with Gasteiger partial charge in [0.05, 0.1) is 21.7 Å². The lowest BCUT2D eigenvalue weighted by Gasteiger charge is -2.07. The zero-order chi connectivity index (χ0) is 21.8. The minimum Gasteiger partial charge on any atom is -0.338 e. The molecule has 0 fully saturated rings. The molecule has 1 aromatic heterocycles. The molecule has 2 N–H and O–H groups in total. The lowest BCUT2D eigenvalue weighted by molar-refractivity contribution is -0.384. The van der Waals surface area contributed by atoms with Crippen LogP contribution >= 0.6 is 11.8 Å². The third-order valence-corrected chi connectivity index (χ3v) is 5.71. The summed E-state index contributed by atoms with van der Waals surface area (Å²) in [6.45, 7) is 2.04. The Labute approximate surface area is 183 Å². The Hall–Kier alpha value is -3.65. The predicted molar refractivity (Wildman–Crippen MR) is 124 cm³/mol. The van der Waals surface area contributed by atoms with Crippen LogP contribution in [-0.2, 0) is 10.5 Å². The van der Waals surface area contributed by atoms with E-state index in [2.05, 4.69) is 21.4 Å². The number of carbonyl (C=O) groups excluding carboxylic acids is 1. The van der Waals surface area contributed by atoms with E-state index in [0.717, 1.165) is 33.5 Å². The molecule has 156 valence electrons. The largest absolute Gasteiger partial charge is 0.338 e. The number of amides is 1. The molecule has 0 spiro atoms. The number of H-pyrrole nitrogens is 1. The van der Waals surface area contributed by atoms with Gasteiger partial charge in [-0.2, -0.15) is 0 Å². The van der Waals surface area contributed by atoms with Gasteiger partial charge in [0, 0.05) is 29.1 Å². The number of aromatic amines is 1. The quantitative estimate of drug-likeness (QED) is 0.304. The van der Waals surface area contributed by atoms with Crippen molar-refractivity contribution >= 4 is 40.1 Å². The monoisotopic (exact) mass is 432 g/mol. The number of aromatic nitrogens is 2. The Bertz CT molecular complexity index is 1250. The van der Waals surface area contributed by atoms with Crippen LogP contribution in [0.1, 0.15) is 11.1 Å². The van der Waals surface area contributed by atoms with Crippen LogP contribution in [0.4, 0.5) is 11.4 Å². The number of nitrogens with one attached hydrogen (secondary N) is 2. The van der Waals surface area contributed by atoms with Gasteiger partial charge in [0.15, 0.2) is 0 Å². The molecule has 3 aromatic carbocycles. The highest BCUT2D eigenvalue weighted by atomic mass is 32.2. The van der Waals surface area contributed by atoms with Crippen LogP contribution in [0.5, 0.6) is 0 Å². The molecule has 7 nitrogen and oxygen atoms in total. The van der Waals surface area contributed by atoms with E-state index in [9.17, 15) is 14.9 Å². The number of benzene rings is 3. The fourth-order valence-corrected chi connectivity index (χ4v) is 3.96. The number of nitro benzene ring substituents is 1. The molecule has 1 amide bonds. The number of anilines is 1. The van der Waals surface area contributed by atoms with E-state index in [1.54, 1.807) is 12.1 Å². The summed E-state index contributed by atoms with van der Waals surface area (Å²) in [6, 6.07) is 20.0. The molecule has 0 bridgehead atoms. The van der Waals surface area contributed by atoms with Gasteiger partial charge in [0.1, 0.15) is 5.82 Å². The van der Waals surface area contributed by atoms with E-state index in [0.29, 0.717) is 11.4 Å². The van der Waals surface area contributed by atoms with E-state index in [-0.39, 0.29) is 17.3 Å². The molecular formula is C23H20N4O3S. The first-order valence-corrected chi connectivity index (χ1v) is 10.8. The Morgan fingerprint density at radius 1 is 1.13 bits per heavy atom. The van der Waals surface area contributed by atoms with Crippen molar-refractivity contribution in [3.63, 3.8) is 0 Å². The number of nitrogens with zero attached hydrogens (tertiary/aromatic N) is 2. The molecule has 4 aromatic rings. The van der Waals surface area contributed by atoms with E-state index in [1.165, 1.54) is 23.9 Å². The van der Waals surface area contributed by atoms with Crippen molar-refractivity contribution in [1.82, 2.24) is 9.97 Å². The second-order valence-corrected chi connectivity index (χ2v) is 8.14. The standard InChI is InChI=1S/C23H20N4O3S/c1-15-5-10-20-21(11-15)26-23(25-20)17-3-2-4-18(12-17)24-22(28)14-31-13-16-6-8-19(9-7-16)27(29)30/h2-12H,13-14H2,1H3,(H,24,28)(H,25,26). The molecule has 8 heteroatoms. The number of hydrogen-bond acceptors (Lipinski definition) is 5. The molecule has 0 radical (unpaired) electrons. The summed E-state index contributed by atoms with van der Waals surface area (Å²) >= 11 is 1.45. The minimum atomic E-state index is -0.426. The SMILES string of the molecule is Cc1ccc2nc(-c3cccc(NC(=O)CSCc4ccc([N+](=O)[O-])cc4)c3)[nH]c2c1. The van der Waals surface area contributed by atoms with Crippen LogP contribution in [-0.4, -0.2) is 26.6 Å². The van der Waals surface area contributed by atoms with Crippen molar-refractivity contribution in [2.24, 2.45) is 0 Å². The van der Waals surface area contributed by atoms with Crippen molar-refractivity contribution in [3.8, 4) is 11.4 Å².